The number of benzene rings is 1. The fraction of sp³-hybridized carbons (Fsp3) is 0.267. The molecule has 0 saturated carbocycles. The highest BCUT2D eigenvalue weighted by atomic mass is 19.1. The first-order chi connectivity index (χ1) is 10.7. The minimum atomic E-state index is -1.22. The second-order valence-corrected chi connectivity index (χ2v) is 5.78. The molecule has 0 atom stereocenters. The van der Waals surface area contributed by atoms with Gasteiger partial charge in [-0.1, -0.05) is 0 Å². The van der Waals surface area contributed by atoms with E-state index in [9.17, 15) is 14.0 Å². The van der Waals surface area contributed by atoms with E-state index in [2.05, 4.69) is 15.5 Å². The molecule has 1 aromatic carbocycles. The molecule has 0 unspecified atom stereocenters. The van der Waals surface area contributed by atoms with Crippen molar-refractivity contribution in [3.8, 4) is 11.3 Å². The molecule has 0 spiro atoms. The molecule has 0 fully saturated rings. The quantitative estimate of drug-likeness (QED) is 0.805. The van der Waals surface area contributed by atoms with Crippen LogP contribution >= 0.6 is 0 Å². The van der Waals surface area contributed by atoms with Gasteiger partial charge < -0.3 is 9.84 Å². The van der Waals surface area contributed by atoms with Crippen LogP contribution in [-0.4, -0.2) is 33.0 Å². The monoisotopic (exact) mass is 321 g/mol. The standard InChI is InChI=1S/C15H16FN3O4/c1-15(2,3)23-14(22)18-11-5-4-8(16)6-9(11)12-10(13(20)21)7-17-19-12/h4-7H,1-3H3,(H,17,19)(H,18,22)(H,20,21). The zero-order valence-electron chi connectivity index (χ0n) is 12.8. The van der Waals surface area contributed by atoms with Crippen molar-refractivity contribution in [2.24, 2.45) is 0 Å². The number of carboxylic acid groups (broad SMARTS) is 1. The Morgan fingerprint density at radius 2 is 2.04 bits per heavy atom. The van der Waals surface area contributed by atoms with E-state index in [1.165, 1.54) is 6.07 Å². The van der Waals surface area contributed by atoms with Crippen molar-refractivity contribution < 1.29 is 23.8 Å². The Hall–Kier alpha value is -2.90. The maximum absolute atomic E-state index is 13.6. The number of carbonyl (C=O) groups excluding carboxylic acids is 1. The van der Waals surface area contributed by atoms with Crippen molar-refractivity contribution in [1.82, 2.24) is 10.2 Å². The number of hydrogen-bond donors (Lipinski definition) is 3. The van der Waals surface area contributed by atoms with Gasteiger partial charge in [0.15, 0.2) is 0 Å². The van der Waals surface area contributed by atoms with Gasteiger partial charge in [-0.25, -0.2) is 14.0 Å². The number of rotatable bonds is 3. The van der Waals surface area contributed by atoms with Crippen molar-refractivity contribution in [2.45, 2.75) is 26.4 Å². The Bertz CT molecular complexity index is 749. The summed E-state index contributed by atoms with van der Waals surface area (Å²) in [7, 11) is 0. The van der Waals surface area contributed by atoms with Crippen molar-refractivity contribution >= 4 is 17.7 Å². The van der Waals surface area contributed by atoms with Crippen LogP contribution < -0.4 is 5.32 Å². The maximum atomic E-state index is 13.6. The Balaban J connectivity index is 2.40. The molecule has 1 aromatic heterocycles. The van der Waals surface area contributed by atoms with E-state index in [0.717, 1.165) is 18.3 Å². The van der Waals surface area contributed by atoms with E-state index in [0.29, 0.717) is 0 Å². The summed E-state index contributed by atoms with van der Waals surface area (Å²) in [5, 5.41) is 17.8. The van der Waals surface area contributed by atoms with Gasteiger partial charge in [0.1, 0.15) is 17.0 Å². The van der Waals surface area contributed by atoms with Gasteiger partial charge >= 0.3 is 12.1 Å². The smallest absolute Gasteiger partial charge is 0.412 e. The van der Waals surface area contributed by atoms with Gasteiger partial charge in [0.25, 0.3) is 0 Å². The Kier molecular flexibility index (Phi) is 4.35. The molecule has 0 radical (unpaired) electrons. The van der Waals surface area contributed by atoms with Crippen LogP contribution in [0.3, 0.4) is 0 Å². The van der Waals surface area contributed by atoms with Gasteiger partial charge in [0, 0.05) is 5.56 Å². The van der Waals surface area contributed by atoms with Gasteiger partial charge in [-0.2, -0.15) is 5.10 Å². The average molecular weight is 321 g/mol. The molecule has 122 valence electrons. The van der Waals surface area contributed by atoms with E-state index in [1.54, 1.807) is 20.8 Å². The van der Waals surface area contributed by atoms with Crippen LogP contribution in [0.1, 0.15) is 31.1 Å². The predicted octanol–water partition coefficient (Wildman–Crippen LogP) is 3.26. The number of carboxylic acids is 1. The summed E-state index contributed by atoms with van der Waals surface area (Å²) in [6.45, 7) is 5.11. The van der Waals surface area contributed by atoms with Gasteiger partial charge in [-0.3, -0.25) is 10.4 Å². The zero-order chi connectivity index (χ0) is 17.2. The topological polar surface area (TPSA) is 104 Å². The molecule has 1 amide bonds. The molecular weight excluding hydrogens is 305 g/mol. The number of aromatic carboxylic acids is 1. The van der Waals surface area contributed by atoms with Crippen LogP contribution in [-0.2, 0) is 4.74 Å². The van der Waals surface area contributed by atoms with Gasteiger partial charge in [-0.05, 0) is 39.0 Å². The average Bonchev–Trinajstić information content (AvgIpc) is 2.87. The highest BCUT2D eigenvalue weighted by Gasteiger charge is 2.21. The fourth-order valence-electron chi connectivity index (χ4n) is 1.90. The summed E-state index contributed by atoms with van der Waals surface area (Å²) in [6.07, 6.45) is 0.376. The lowest BCUT2D eigenvalue weighted by atomic mass is 10.1. The van der Waals surface area contributed by atoms with Crippen LogP contribution in [0.25, 0.3) is 11.3 Å². The molecular formula is C15H16FN3O4. The summed E-state index contributed by atoms with van der Waals surface area (Å²) in [5.41, 5.74) is -0.395. The largest absolute Gasteiger partial charge is 0.478 e. The minimum absolute atomic E-state index is 0.0862. The molecule has 0 aliphatic carbocycles. The molecule has 23 heavy (non-hydrogen) atoms. The summed E-state index contributed by atoms with van der Waals surface area (Å²) in [6, 6.07) is 3.57. The molecule has 0 aliphatic rings. The third-order valence-electron chi connectivity index (χ3n) is 2.76. The molecule has 2 aromatic rings. The van der Waals surface area contributed by atoms with E-state index < -0.39 is 23.5 Å². The summed E-state index contributed by atoms with van der Waals surface area (Å²) >= 11 is 0. The maximum Gasteiger partial charge on any atom is 0.412 e. The Morgan fingerprint density at radius 3 is 2.65 bits per heavy atom. The van der Waals surface area contributed by atoms with Crippen molar-refractivity contribution in [3.63, 3.8) is 0 Å². The third kappa shape index (κ3) is 4.06. The lowest BCUT2D eigenvalue weighted by molar-refractivity contribution is 0.0634. The Labute approximate surface area is 131 Å². The summed E-state index contributed by atoms with van der Waals surface area (Å²) in [4.78, 5) is 23.1. The first-order valence-electron chi connectivity index (χ1n) is 6.74. The van der Waals surface area contributed by atoms with E-state index in [4.69, 9.17) is 9.84 Å². The summed E-state index contributed by atoms with van der Waals surface area (Å²) < 4.78 is 18.7. The van der Waals surface area contributed by atoms with Gasteiger partial charge in [-0.15, -0.1) is 0 Å². The van der Waals surface area contributed by atoms with Gasteiger partial charge in [0.2, 0.25) is 0 Å². The van der Waals surface area contributed by atoms with Crippen molar-refractivity contribution in [2.75, 3.05) is 5.32 Å². The highest BCUT2D eigenvalue weighted by molar-refractivity contribution is 5.98. The molecule has 0 aliphatic heterocycles. The molecule has 2 rings (SSSR count). The van der Waals surface area contributed by atoms with Crippen LogP contribution in [0.4, 0.5) is 14.9 Å². The normalized spacial score (nSPS) is 11.1. The second kappa shape index (κ2) is 6.07. The van der Waals surface area contributed by atoms with E-state index in [-0.39, 0.29) is 22.5 Å². The number of H-pyrrole nitrogens is 1. The lowest BCUT2D eigenvalue weighted by Gasteiger charge is -2.20. The van der Waals surface area contributed by atoms with E-state index in [1.807, 2.05) is 0 Å². The molecule has 0 bridgehead atoms. The van der Waals surface area contributed by atoms with Crippen molar-refractivity contribution in [1.29, 1.82) is 0 Å². The number of halogens is 1. The van der Waals surface area contributed by atoms with Crippen LogP contribution in [0.2, 0.25) is 0 Å². The fourth-order valence-corrected chi connectivity index (χ4v) is 1.90. The molecule has 8 heteroatoms. The summed E-state index contributed by atoms with van der Waals surface area (Å²) in [5.74, 6) is -1.80. The lowest BCUT2D eigenvalue weighted by Crippen LogP contribution is -2.27. The Morgan fingerprint density at radius 1 is 1.35 bits per heavy atom. The predicted molar refractivity (Wildman–Crippen MR) is 80.8 cm³/mol. The first-order valence-corrected chi connectivity index (χ1v) is 6.74. The molecule has 1 heterocycles. The zero-order valence-corrected chi connectivity index (χ0v) is 12.8. The second-order valence-electron chi connectivity index (χ2n) is 5.78. The van der Waals surface area contributed by atoms with Crippen LogP contribution in [0.15, 0.2) is 24.4 Å². The number of anilines is 1. The number of aromatic nitrogens is 2. The molecule has 3 N–H and O–H groups in total. The number of nitrogens with zero attached hydrogens (tertiary/aromatic N) is 1. The van der Waals surface area contributed by atoms with Gasteiger partial charge in [0.05, 0.1) is 17.6 Å². The number of hydrogen-bond acceptors (Lipinski definition) is 4. The molecule has 0 saturated heterocycles. The number of aromatic amines is 1. The number of ether oxygens (including phenoxy) is 1. The number of carbonyl (C=O) groups is 2. The van der Waals surface area contributed by atoms with Crippen molar-refractivity contribution in [3.05, 3.63) is 35.8 Å². The first kappa shape index (κ1) is 16.5. The van der Waals surface area contributed by atoms with Crippen LogP contribution in [0.5, 0.6) is 0 Å². The number of amides is 1. The SMILES string of the molecule is CC(C)(C)OC(=O)Nc1ccc(F)cc1-c1[nH]ncc1C(=O)O. The van der Waals surface area contributed by atoms with Crippen LogP contribution in [0, 0.1) is 5.82 Å². The van der Waals surface area contributed by atoms with E-state index >= 15 is 0 Å². The molecule has 7 nitrogen and oxygen atoms in total. The minimum Gasteiger partial charge on any atom is -0.478 e. The third-order valence-corrected chi connectivity index (χ3v) is 2.76. The number of nitrogens with one attached hydrogen (secondary N) is 2. The highest BCUT2D eigenvalue weighted by Crippen LogP contribution is 2.30.